The maximum Gasteiger partial charge on any atom is 0.436 e. The van der Waals surface area contributed by atoms with Crippen LogP contribution in [0.5, 0.6) is 0 Å². The Morgan fingerprint density at radius 2 is 2.10 bits per heavy atom. The van der Waals surface area contributed by atoms with Crippen LogP contribution < -0.4 is 0 Å². The molecule has 1 saturated carbocycles. The molecule has 6 nitrogen and oxygen atoms in total. The van der Waals surface area contributed by atoms with Crippen LogP contribution in [0.25, 0.3) is 11.3 Å². The maximum atomic E-state index is 14.8. The largest absolute Gasteiger partial charge is 0.466 e. The second kappa shape index (κ2) is 7.47. The molecule has 2 aromatic rings. The minimum absolute atomic E-state index is 0.00879. The van der Waals surface area contributed by atoms with E-state index in [1.165, 1.54) is 20.2 Å². The Morgan fingerprint density at radius 1 is 1.39 bits per heavy atom. The Balaban J connectivity index is 1.83. The lowest BCUT2D eigenvalue weighted by molar-refractivity contribution is -0.168. The van der Waals surface area contributed by atoms with E-state index in [0.29, 0.717) is 25.0 Å². The predicted octanol–water partition coefficient (Wildman–Crippen LogP) is 5.11. The second-order valence-electron chi connectivity index (χ2n) is 7.34. The molecule has 2 unspecified atom stereocenters. The van der Waals surface area contributed by atoms with Crippen molar-refractivity contribution in [2.24, 2.45) is 18.1 Å². The summed E-state index contributed by atoms with van der Waals surface area (Å²) in [5.41, 5.74) is -2.15. The minimum Gasteiger partial charge on any atom is -0.466 e. The van der Waals surface area contributed by atoms with E-state index in [4.69, 9.17) is 21.2 Å². The van der Waals surface area contributed by atoms with Crippen molar-refractivity contribution in [1.29, 1.82) is 0 Å². The van der Waals surface area contributed by atoms with E-state index >= 15 is 0 Å². The van der Waals surface area contributed by atoms with E-state index in [0.717, 1.165) is 10.7 Å². The van der Waals surface area contributed by atoms with Crippen molar-refractivity contribution in [3.05, 3.63) is 38.7 Å². The van der Waals surface area contributed by atoms with E-state index in [9.17, 15) is 22.4 Å². The number of benzene rings is 1. The van der Waals surface area contributed by atoms with Gasteiger partial charge in [0.25, 0.3) is 0 Å². The summed E-state index contributed by atoms with van der Waals surface area (Å²) in [6.07, 6.45) is -3.10. The van der Waals surface area contributed by atoms with Crippen molar-refractivity contribution in [1.82, 2.24) is 9.78 Å². The summed E-state index contributed by atoms with van der Waals surface area (Å²) in [6.45, 7) is 0. The molecule has 166 valence electrons. The summed E-state index contributed by atoms with van der Waals surface area (Å²) in [6, 6.07) is 2.29. The molecule has 31 heavy (non-hydrogen) atoms. The van der Waals surface area contributed by atoms with Crippen molar-refractivity contribution in [3.63, 3.8) is 0 Å². The van der Waals surface area contributed by atoms with Gasteiger partial charge in [-0.05, 0) is 40.9 Å². The average molecular weight is 525 g/mol. The standard InChI is InChI=1S/C19H15BrClF4N3O3/c1-28-15(13(20)16(26-28)19(23,24)25)9-6-8(11(21)7-12(9)22)14-10-4-3-5-18(10,31-27-14)17(29)30-2/h6-7,10H,3-5H2,1-2H3. The van der Waals surface area contributed by atoms with Gasteiger partial charge in [-0.25, -0.2) is 9.18 Å². The third kappa shape index (κ3) is 3.32. The zero-order chi connectivity index (χ0) is 22.7. The molecule has 1 aliphatic carbocycles. The summed E-state index contributed by atoms with van der Waals surface area (Å²) >= 11 is 9.17. The lowest BCUT2D eigenvalue weighted by Crippen LogP contribution is -2.43. The highest BCUT2D eigenvalue weighted by atomic mass is 79.9. The van der Waals surface area contributed by atoms with Crippen LogP contribution in [0.4, 0.5) is 17.6 Å². The number of nitrogens with zero attached hydrogens (tertiary/aromatic N) is 3. The zero-order valence-corrected chi connectivity index (χ0v) is 18.5. The van der Waals surface area contributed by atoms with Crippen LogP contribution in [0.2, 0.25) is 5.02 Å². The Morgan fingerprint density at radius 3 is 2.71 bits per heavy atom. The second-order valence-corrected chi connectivity index (χ2v) is 8.54. The van der Waals surface area contributed by atoms with Gasteiger partial charge in [-0.3, -0.25) is 4.68 Å². The molecule has 1 aromatic heterocycles. The number of fused-ring (bicyclic) bond motifs is 1. The Hall–Kier alpha value is -2.14. The molecule has 1 aromatic carbocycles. The quantitative estimate of drug-likeness (QED) is 0.414. The van der Waals surface area contributed by atoms with Gasteiger partial charge in [-0.15, -0.1) is 0 Å². The first kappa shape index (κ1) is 22.1. The number of oxime groups is 1. The normalized spacial score (nSPS) is 22.8. The molecule has 2 aliphatic rings. The summed E-state index contributed by atoms with van der Waals surface area (Å²) in [4.78, 5) is 17.9. The first-order valence-corrected chi connectivity index (χ1v) is 10.3. The topological polar surface area (TPSA) is 65.7 Å². The van der Waals surface area contributed by atoms with Gasteiger partial charge >= 0.3 is 12.1 Å². The Bertz CT molecular complexity index is 1120. The molecular weight excluding hydrogens is 510 g/mol. The molecule has 0 saturated heterocycles. The number of ether oxygens (including phenoxy) is 1. The summed E-state index contributed by atoms with van der Waals surface area (Å²) < 4.78 is 60.0. The number of methoxy groups -OCH3 is 1. The lowest BCUT2D eigenvalue weighted by atomic mass is 9.84. The van der Waals surface area contributed by atoms with Gasteiger partial charge in [0.05, 0.1) is 33.9 Å². The Labute approximate surface area is 187 Å². The van der Waals surface area contributed by atoms with Crippen LogP contribution in [0, 0.1) is 11.7 Å². The smallest absolute Gasteiger partial charge is 0.436 e. The molecule has 0 bridgehead atoms. The number of carbonyl (C=O) groups is 1. The number of aromatic nitrogens is 2. The molecule has 12 heteroatoms. The molecule has 1 fully saturated rings. The van der Waals surface area contributed by atoms with E-state index in [2.05, 4.69) is 26.2 Å². The molecule has 1 aliphatic heterocycles. The van der Waals surface area contributed by atoms with E-state index < -0.39 is 39.6 Å². The van der Waals surface area contributed by atoms with Gasteiger partial charge in [0, 0.05) is 24.6 Å². The molecule has 2 atom stereocenters. The van der Waals surface area contributed by atoms with Gasteiger partial charge in [0.1, 0.15) is 5.82 Å². The van der Waals surface area contributed by atoms with Crippen molar-refractivity contribution in [3.8, 4) is 11.3 Å². The molecule has 0 spiro atoms. The monoisotopic (exact) mass is 523 g/mol. The number of hydrogen-bond donors (Lipinski definition) is 0. The van der Waals surface area contributed by atoms with E-state index in [1.54, 1.807) is 0 Å². The van der Waals surface area contributed by atoms with Crippen LogP contribution in [-0.4, -0.2) is 34.2 Å². The number of rotatable bonds is 3. The molecule has 0 amide bonds. The van der Waals surface area contributed by atoms with E-state index in [1.807, 2.05) is 0 Å². The van der Waals surface area contributed by atoms with Crippen molar-refractivity contribution >= 4 is 39.2 Å². The van der Waals surface area contributed by atoms with Crippen molar-refractivity contribution < 1.29 is 31.9 Å². The number of halogens is 6. The summed E-state index contributed by atoms with van der Waals surface area (Å²) in [7, 11) is 2.52. The first-order chi connectivity index (χ1) is 14.5. The van der Waals surface area contributed by atoms with Gasteiger partial charge in [0.2, 0.25) is 5.60 Å². The average Bonchev–Trinajstić information content (AvgIpc) is 3.34. The molecule has 2 heterocycles. The van der Waals surface area contributed by atoms with Crippen LogP contribution >= 0.6 is 27.5 Å². The fraction of sp³-hybridized carbons (Fsp3) is 0.421. The van der Waals surface area contributed by atoms with Gasteiger partial charge in [-0.2, -0.15) is 18.3 Å². The van der Waals surface area contributed by atoms with Crippen LogP contribution in [0.3, 0.4) is 0 Å². The third-order valence-corrected chi connectivity index (χ3v) is 6.68. The van der Waals surface area contributed by atoms with E-state index in [-0.39, 0.29) is 21.8 Å². The molecular formula is C19H15BrClF4N3O3. The van der Waals surface area contributed by atoms with Crippen LogP contribution in [-0.2, 0) is 27.6 Å². The summed E-state index contributed by atoms with van der Waals surface area (Å²) in [5.74, 6) is -1.88. The van der Waals surface area contributed by atoms with Crippen molar-refractivity contribution in [2.75, 3.05) is 7.11 Å². The third-order valence-electron chi connectivity index (χ3n) is 5.62. The highest BCUT2D eigenvalue weighted by molar-refractivity contribution is 9.10. The zero-order valence-electron chi connectivity index (χ0n) is 16.2. The van der Waals surface area contributed by atoms with Crippen LogP contribution in [0.1, 0.15) is 30.5 Å². The highest BCUT2D eigenvalue weighted by Crippen LogP contribution is 2.48. The van der Waals surface area contributed by atoms with Gasteiger partial charge in [0.15, 0.2) is 5.69 Å². The maximum absolute atomic E-state index is 14.8. The SMILES string of the molecule is COC(=O)C12CCCC1C(c1cc(-c3c(Br)c(C(F)(F)F)nn3C)c(F)cc1Cl)=NO2. The number of aryl methyl sites for hydroxylation is 1. The number of carbonyl (C=O) groups excluding carboxylic acids is 1. The number of esters is 1. The van der Waals surface area contributed by atoms with Gasteiger partial charge < -0.3 is 9.57 Å². The highest BCUT2D eigenvalue weighted by Gasteiger charge is 2.59. The molecule has 4 rings (SSSR count). The number of hydrogen-bond acceptors (Lipinski definition) is 5. The Kier molecular flexibility index (Phi) is 5.32. The lowest BCUT2D eigenvalue weighted by Gasteiger charge is -2.23. The molecule has 0 radical (unpaired) electrons. The summed E-state index contributed by atoms with van der Waals surface area (Å²) in [5, 5.41) is 7.51. The number of alkyl halides is 3. The predicted molar refractivity (Wildman–Crippen MR) is 106 cm³/mol. The fourth-order valence-corrected chi connectivity index (χ4v) is 5.25. The first-order valence-electron chi connectivity index (χ1n) is 9.15. The van der Waals surface area contributed by atoms with Crippen molar-refractivity contribution in [2.45, 2.75) is 31.0 Å². The molecule has 0 N–H and O–H groups in total. The van der Waals surface area contributed by atoms with Crippen LogP contribution in [0.15, 0.2) is 21.8 Å². The van der Waals surface area contributed by atoms with Gasteiger partial charge in [-0.1, -0.05) is 16.8 Å². The fourth-order valence-electron chi connectivity index (χ4n) is 4.23. The minimum atomic E-state index is -4.73.